The number of fused-ring (bicyclic) bond motifs is 1. The van der Waals surface area contributed by atoms with Crippen molar-refractivity contribution in [3.63, 3.8) is 0 Å². The monoisotopic (exact) mass is 642 g/mol. The smallest absolute Gasteiger partial charge is 0.259 e. The van der Waals surface area contributed by atoms with E-state index in [1.165, 1.54) is 16.6 Å². The third-order valence-electron chi connectivity index (χ3n) is 6.74. The lowest BCUT2D eigenvalue weighted by molar-refractivity contribution is 0.102. The highest BCUT2D eigenvalue weighted by Crippen LogP contribution is 2.45. The van der Waals surface area contributed by atoms with Gasteiger partial charge in [-0.1, -0.05) is 32.4 Å². The second-order valence-corrected chi connectivity index (χ2v) is 13.9. The molecule has 6 nitrogen and oxygen atoms in total. The minimum absolute atomic E-state index is 0.162. The number of hydrogen-bond acceptors (Lipinski definition) is 7. The summed E-state index contributed by atoms with van der Waals surface area (Å²) in [7, 11) is 0. The maximum absolute atomic E-state index is 13.6. The number of anilines is 1. The van der Waals surface area contributed by atoms with E-state index in [2.05, 4.69) is 52.0 Å². The summed E-state index contributed by atoms with van der Waals surface area (Å²) >= 11 is 12.5. The first-order valence-electron chi connectivity index (χ1n) is 12.6. The molecule has 0 aliphatic heterocycles. The van der Waals surface area contributed by atoms with Gasteiger partial charge in [-0.3, -0.25) is 4.79 Å². The van der Waals surface area contributed by atoms with Crippen LogP contribution in [0.15, 0.2) is 66.7 Å². The number of aliphatic imine (C=N–C) groups is 1. The normalized spacial score (nSPS) is 15.5. The molecule has 0 spiro atoms. The van der Waals surface area contributed by atoms with Gasteiger partial charge in [0.05, 0.1) is 16.3 Å². The molecular weight excluding hydrogens is 616 g/mol. The third-order valence-corrected chi connectivity index (χ3v) is 9.87. The number of aromatic nitrogens is 2. The number of thiophene rings is 1. The predicted molar refractivity (Wildman–Crippen MR) is 163 cm³/mol. The molecule has 1 aliphatic carbocycles. The second-order valence-electron chi connectivity index (χ2n) is 10.6. The Bertz CT molecular complexity index is 1540. The molecule has 0 saturated carbocycles. The zero-order valence-corrected chi connectivity index (χ0v) is 26.0. The number of carbonyl (C=O) groups excluding carboxylic acids is 1. The maximum atomic E-state index is 13.6. The summed E-state index contributed by atoms with van der Waals surface area (Å²) in [6.07, 6.45) is 6.25. The Hall–Kier alpha value is -2.46. The number of carbonyl (C=O) groups is 1. The summed E-state index contributed by atoms with van der Waals surface area (Å²) in [5.41, 5.74) is 3.52. The Labute approximate surface area is 249 Å². The van der Waals surface area contributed by atoms with Crippen LogP contribution in [0.4, 0.5) is 10.7 Å². The molecular formula is C29H28BrClN4O2S2. The maximum Gasteiger partial charge on any atom is 0.259 e. The van der Waals surface area contributed by atoms with Crippen molar-refractivity contribution < 1.29 is 9.21 Å². The van der Waals surface area contributed by atoms with E-state index in [1.54, 1.807) is 48.0 Å². The van der Waals surface area contributed by atoms with Crippen molar-refractivity contribution in [1.82, 2.24) is 9.97 Å². The Morgan fingerprint density at radius 1 is 1.28 bits per heavy atom. The van der Waals surface area contributed by atoms with Crippen molar-refractivity contribution in [2.24, 2.45) is 16.3 Å². The van der Waals surface area contributed by atoms with Crippen LogP contribution in [0.25, 0.3) is 0 Å². The Kier molecular flexibility index (Phi) is 8.33. The molecule has 1 N–H and O–H groups in total. The van der Waals surface area contributed by atoms with E-state index in [9.17, 15) is 4.79 Å². The lowest BCUT2D eigenvalue weighted by Crippen LogP contribution is -2.27. The Balaban J connectivity index is 1.44. The highest BCUT2D eigenvalue weighted by molar-refractivity contribution is 9.10. The van der Waals surface area contributed by atoms with Crippen molar-refractivity contribution >= 4 is 73.4 Å². The Morgan fingerprint density at radius 3 is 2.77 bits per heavy atom. The molecule has 0 bridgehead atoms. The summed E-state index contributed by atoms with van der Waals surface area (Å²) in [4.78, 5) is 28.3. The first kappa shape index (κ1) is 28.1. The van der Waals surface area contributed by atoms with E-state index in [1.807, 2.05) is 19.1 Å². The second kappa shape index (κ2) is 11.6. The molecule has 1 aliphatic rings. The molecule has 0 saturated heterocycles. The summed E-state index contributed by atoms with van der Waals surface area (Å²) in [5.74, 6) is 0.960. The van der Waals surface area contributed by atoms with Crippen LogP contribution in [0.5, 0.6) is 0 Å². The van der Waals surface area contributed by atoms with Gasteiger partial charge in [-0.2, -0.15) is 0 Å². The van der Waals surface area contributed by atoms with Crippen LogP contribution in [-0.2, 0) is 12.8 Å². The largest absolute Gasteiger partial charge is 0.447 e. The van der Waals surface area contributed by atoms with E-state index in [4.69, 9.17) is 21.0 Å². The molecule has 4 aromatic rings. The van der Waals surface area contributed by atoms with Crippen LogP contribution < -0.4 is 5.32 Å². The van der Waals surface area contributed by atoms with Gasteiger partial charge in [-0.25, -0.2) is 15.0 Å². The van der Waals surface area contributed by atoms with Gasteiger partial charge in [0.25, 0.3) is 5.91 Å². The molecule has 0 fully saturated rings. The zero-order valence-electron chi connectivity index (χ0n) is 22.0. The van der Waals surface area contributed by atoms with Crippen LogP contribution in [0.2, 0.25) is 5.02 Å². The van der Waals surface area contributed by atoms with Crippen LogP contribution >= 0.6 is 50.6 Å². The van der Waals surface area contributed by atoms with Gasteiger partial charge in [0.1, 0.15) is 10.8 Å². The van der Waals surface area contributed by atoms with Crippen molar-refractivity contribution in [1.29, 1.82) is 0 Å². The number of nitrogens with zero attached hydrogens (tertiary/aromatic N) is 3. The van der Waals surface area contributed by atoms with Gasteiger partial charge < -0.3 is 9.73 Å². The van der Waals surface area contributed by atoms with E-state index in [0.717, 1.165) is 35.0 Å². The molecule has 0 radical (unpaired) electrons. The molecule has 5 rings (SSSR count). The van der Waals surface area contributed by atoms with Gasteiger partial charge >= 0.3 is 0 Å². The molecule has 0 unspecified atom stereocenters. The summed E-state index contributed by atoms with van der Waals surface area (Å²) in [5, 5.41) is 5.59. The molecule has 1 atom stereocenters. The lowest BCUT2D eigenvalue weighted by atomic mass is 9.72. The molecule has 202 valence electrons. The van der Waals surface area contributed by atoms with Gasteiger partial charge in [-0.15, -0.1) is 11.3 Å². The number of halogens is 2. The predicted octanol–water partition coefficient (Wildman–Crippen LogP) is 9.16. The number of benzene rings is 1. The third kappa shape index (κ3) is 6.65. The molecule has 39 heavy (non-hydrogen) atoms. The minimum atomic E-state index is -0.162. The van der Waals surface area contributed by atoms with Crippen LogP contribution in [0.1, 0.15) is 59.4 Å². The number of nitrogens with one attached hydrogen (secondary N) is 1. The number of hydrogen-bond donors (Lipinski definition) is 1. The van der Waals surface area contributed by atoms with E-state index in [-0.39, 0.29) is 11.3 Å². The van der Waals surface area contributed by atoms with Crippen molar-refractivity contribution in [2.75, 3.05) is 5.32 Å². The summed E-state index contributed by atoms with van der Waals surface area (Å²) in [6.45, 7) is 8.78. The van der Waals surface area contributed by atoms with E-state index >= 15 is 0 Å². The number of furan rings is 1. The average Bonchev–Trinajstić information content (AvgIpc) is 3.42. The molecule has 3 aromatic heterocycles. The molecule has 10 heteroatoms. The first-order chi connectivity index (χ1) is 18.6. The van der Waals surface area contributed by atoms with E-state index < -0.39 is 0 Å². The van der Waals surface area contributed by atoms with Crippen LogP contribution in [-0.4, -0.2) is 22.1 Å². The van der Waals surface area contributed by atoms with Gasteiger partial charge in [-0.05, 0) is 101 Å². The topological polar surface area (TPSA) is 80.4 Å². The first-order valence-corrected chi connectivity index (χ1v) is 15.4. The number of rotatable bonds is 6. The van der Waals surface area contributed by atoms with Gasteiger partial charge in [0, 0.05) is 33.5 Å². The van der Waals surface area contributed by atoms with Crippen LogP contribution in [0.3, 0.4) is 0 Å². The lowest BCUT2D eigenvalue weighted by Gasteiger charge is -2.33. The van der Waals surface area contributed by atoms with E-state index in [0.29, 0.717) is 43.2 Å². The molecule has 1 amide bonds. The minimum Gasteiger partial charge on any atom is -0.447 e. The molecule has 1 aromatic carbocycles. The van der Waals surface area contributed by atoms with Gasteiger partial charge in [0.2, 0.25) is 0 Å². The SMILES string of the molecule is Cc1ccnc(Sc2oc(C=Nc3sc4c(c3C(=O)Nc3ccc(Cl)cc3)CC[C@H](C(C)(C)C)C4)cc2Br)n1. The quantitative estimate of drug-likeness (QED) is 0.167. The van der Waals surface area contributed by atoms with Crippen molar-refractivity contribution in [3.8, 4) is 0 Å². The zero-order chi connectivity index (χ0) is 27.7. The van der Waals surface area contributed by atoms with Crippen LogP contribution in [0, 0.1) is 18.3 Å². The van der Waals surface area contributed by atoms with Gasteiger partial charge in [0.15, 0.2) is 10.2 Å². The van der Waals surface area contributed by atoms with Crippen molar-refractivity contribution in [2.45, 2.75) is 57.2 Å². The number of amides is 1. The summed E-state index contributed by atoms with van der Waals surface area (Å²) < 4.78 is 6.82. The van der Waals surface area contributed by atoms with Crippen molar-refractivity contribution in [3.05, 3.63) is 79.5 Å². The summed E-state index contributed by atoms with van der Waals surface area (Å²) in [6, 6.07) is 10.8. The fourth-order valence-corrected chi connectivity index (χ4v) is 7.25. The standard InChI is InChI=1S/C29H28BrClN4O2S2/c1-16-11-12-32-28(34-16)39-27-22(30)14-20(37-27)15-33-26-24(25(36)35-19-8-6-18(31)7-9-19)21-10-5-17(29(2,3)4)13-23(21)38-26/h6-9,11-12,14-15,17H,5,10,13H2,1-4H3,(H,35,36)/t17-/m0/s1. The number of aryl methyl sites for hydroxylation is 1. The average molecular weight is 644 g/mol. The fraction of sp³-hybridized carbons (Fsp3) is 0.310. The highest BCUT2D eigenvalue weighted by Gasteiger charge is 2.33. The Morgan fingerprint density at radius 2 is 2.05 bits per heavy atom. The fourth-order valence-electron chi connectivity index (χ4n) is 4.55. The highest BCUT2D eigenvalue weighted by atomic mass is 79.9. The molecule has 3 heterocycles.